The lowest BCUT2D eigenvalue weighted by Crippen LogP contribution is -2.39. The van der Waals surface area contributed by atoms with Gasteiger partial charge in [-0.25, -0.2) is 0 Å². The third kappa shape index (κ3) is 4.14. The topological polar surface area (TPSA) is 72.7 Å². The molecule has 0 bridgehead atoms. The van der Waals surface area contributed by atoms with E-state index >= 15 is 0 Å². The zero-order chi connectivity index (χ0) is 15.3. The molecule has 0 N–H and O–H groups in total. The van der Waals surface area contributed by atoms with Crippen LogP contribution in [0, 0.1) is 13.7 Å². The lowest BCUT2D eigenvalue weighted by atomic mass is 10.1. The van der Waals surface area contributed by atoms with E-state index in [1.165, 1.54) is 12.1 Å². The molecular formula is C13H17IN2O4. The minimum Gasteiger partial charge on any atom is -0.383 e. The van der Waals surface area contributed by atoms with Gasteiger partial charge >= 0.3 is 0 Å². The normalized spacial score (nSPS) is 10.7. The summed E-state index contributed by atoms with van der Waals surface area (Å²) in [6.45, 7) is 4.68. The van der Waals surface area contributed by atoms with E-state index in [-0.39, 0.29) is 17.6 Å². The molecular weight excluding hydrogens is 375 g/mol. The molecule has 0 heterocycles. The Morgan fingerprint density at radius 1 is 1.50 bits per heavy atom. The van der Waals surface area contributed by atoms with Gasteiger partial charge in [0.25, 0.3) is 11.6 Å². The number of benzene rings is 1. The van der Waals surface area contributed by atoms with Gasteiger partial charge in [0.05, 0.1) is 17.1 Å². The molecule has 20 heavy (non-hydrogen) atoms. The van der Waals surface area contributed by atoms with Crippen LogP contribution in [0.5, 0.6) is 0 Å². The number of carbonyl (C=O) groups is 1. The van der Waals surface area contributed by atoms with Crippen LogP contribution < -0.4 is 0 Å². The number of hydrogen-bond acceptors (Lipinski definition) is 4. The standard InChI is InChI=1S/C13H17IN2O4/c1-9(2)15(6-7-20-3)13(17)11-8-10(16(18)19)4-5-12(11)14/h4-5,8-9H,6-7H2,1-3H3. The molecule has 7 heteroatoms. The fourth-order valence-electron chi connectivity index (χ4n) is 1.73. The van der Waals surface area contributed by atoms with Gasteiger partial charge in [0.2, 0.25) is 0 Å². The largest absolute Gasteiger partial charge is 0.383 e. The average Bonchev–Trinajstić information content (AvgIpc) is 2.38. The molecule has 0 aromatic heterocycles. The van der Waals surface area contributed by atoms with Crippen LogP contribution in [0.15, 0.2) is 18.2 Å². The molecule has 0 atom stereocenters. The van der Waals surface area contributed by atoms with E-state index < -0.39 is 4.92 Å². The zero-order valence-electron chi connectivity index (χ0n) is 11.6. The van der Waals surface area contributed by atoms with E-state index in [0.29, 0.717) is 22.3 Å². The van der Waals surface area contributed by atoms with Crippen LogP contribution in [-0.4, -0.2) is 42.0 Å². The first-order chi connectivity index (χ1) is 9.38. The first-order valence-electron chi connectivity index (χ1n) is 6.12. The summed E-state index contributed by atoms with van der Waals surface area (Å²) >= 11 is 2.01. The second kappa shape index (κ2) is 7.53. The lowest BCUT2D eigenvalue weighted by Gasteiger charge is -2.26. The molecule has 110 valence electrons. The summed E-state index contributed by atoms with van der Waals surface area (Å²) in [4.78, 5) is 24.5. The number of non-ortho nitro benzene ring substituents is 1. The number of carbonyl (C=O) groups excluding carboxylic acids is 1. The SMILES string of the molecule is COCCN(C(=O)c1cc([N+](=O)[O-])ccc1I)C(C)C. The molecule has 1 aromatic carbocycles. The van der Waals surface area contributed by atoms with Crippen molar-refractivity contribution in [2.24, 2.45) is 0 Å². The van der Waals surface area contributed by atoms with Gasteiger partial charge in [0, 0.05) is 35.4 Å². The number of nitro benzene ring substituents is 1. The smallest absolute Gasteiger partial charge is 0.270 e. The van der Waals surface area contributed by atoms with Crippen LogP contribution in [0.3, 0.4) is 0 Å². The van der Waals surface area contributed by atoms with Crippen molar-refractivity contribution in [2.45, 2.75) is 19.9 Å². The molecule has 6 nitrogen and oxygen atoms in total. The monoisotopic (exact) mass is 392 g/mol. The average molecular weight is 392 g/mol. The molecule has 0 radical (unpaired) electrons. The Labute approximate surface area is 131 Å². The highest BCUT2D eigenvalue weighted by molar-refractivity contribution is 14.1. The van der Waals surface area contributed by atoms with Crippen molar-refractivity contribution in [1.29, 1.82) is 0 Å². The van der Waals surface area contributed by atoms with Crippen molar-refractivity contribution >= 4 is 34.2 Å². The Morgan fingerprint density at radius 3 is 2.65 bits per heavy atom. The quantitative estimate of drug-likeness (QED) is 0.424. The first-order valence-corrected chi connectivity index (χ1v) is 7.20. The minimum atomic E-state index is -0.498. The maximum absolute atomic E-state index is 12.5. The Kier molecular flexibility index (Phi) is 6.34. The third-order valence-corrected chi connectivity index (χ3v) is 3.75. The van der Waals surface area contributed by atoms with E-state index in [4.69, 9.17) is 4.74 Å². The Morgan fingerprint density at radius 2 is 2.15 bits per heavy atom. The molecule has 0 saturated heterocycles. The summed E-state index contributed by atoms with van der Waals surface area (Å²) in [6.07, 6.45) is 0. The zero-order valence-corrected chi connectivity index (χ0v) is 13.8. The minimum absolute atomic E-state index is 0.00675. The summed E-state index contributed by atoms with van der Waals surface area (Å²) < 4.78 is 5.69. The van der Waals surface area contributed by atoms with Crippen LogP contribution in [-0.2, 0) is 4.74 Å². The number of nitrogens with zero attached hydrogens (tertiary/aromatic N) is 2. The van der Waals surface area contributed by atoms with Crippen LogP contribution >= 0.6 is 22.6 Å². The highest BCUT2D eigenvalue weighted by Gasteiger charge is 2.22. The maximum atomic E-state index is 12.5. The molecule has 1 rings (SSSR count). The van der Waals surface area contributed by atoms with Crippen molar-refractivity contribution in [3.63, 3.8) is 0 Å². The van der Waals surface area contributed by atoms with Gasteiger partial charge in [-0.2, -0.15) is 0 Å². The fourth-order valence-corrected chi connectivity index (χ4v) is 2.30. The summed E-state index contributed by atoms with van der Waals surface area (Å²) in [5, 5.41) is 10.8. The highest BCUT2D eigenvalue weighted by Crippen LogP contribution is 2.21. The molecule has 0 fully saturated rings. The van der Waals surface area contributed by atoms with Gasteiger partial charge in [-0.15, -0.1) is 0 Å². The van der Waals surface area contributed by atoms with Crippen LogP contribution in [0.25, 0.3) is 0 Å². The van der Waals surface area contributed by atoms with E-state index in [0.717, 1.165) is 0 Å². The van der Waals surface area contributed by atoms with Crippen molar-refractivity contribution in [3.05, 3.63) is 37.4 Å². The number of halogens is 1. The Hall–Kier alpha value is -1.22. The van der Waals surface area contributed by atoms with E-state index in [1.54, 1.807) is 18.1 Å². The van der Waals surface area contributed by atoms with E-state index in [1.807, 2.05) is 36.4 Å². The fraction of sp³-hybridized carbons (Fsp3) is 0.462. The lowest BCUT2D eigenvalue weighted by molar-refractivity contribution is -0.384. The second-order valence-electron chi connectivity index (χ2n) is 4.51. The van der Waals surface area contributed by atoms with Crippen molar-refractivity contribution in [3.8, 4) is 0 Å². The van der Waals surface area contributed by atoms with E-state index in [2.05, 4.69) is 0 Å². The Bertz CT molecular complexity index is 505. The number of ether oxygens (including phenoxy) is 1. The third-order valence-electron chi connectivity index (χ3n) is 2.81. The van der Waals surface area contributed by atoms with Gasteiger partial charge < -0.3 is 9.64 Å². The molecule has 0 aliphatic carbocycles. The summed E-state index contributed by atoms with van der Waals surface area (Å²) in [5.41, 5.74) is 0.272. The van der Waals surface area contributed by atoms with Crippen LogP contribution in [0.1, 0.15) is 24.2 Å². The summed E-state index contributed by atoms with van der Waals surface area (Å²) in [7, 11) is 1.57. The molecule has 0 aliphatic rings. The highest BCUT2D eigenvalue weighted by atomic mass is 127. The maximum Gasteiger partial charge on any atom is 0.270 e. The Balaban J connectivity index is 3.10. The molecule has 0 unspecified atom stereocenters. The molecule has 0 saturated carbocycles. The summed E-state index contributed by atoms with van der Waals surface area (Å²) in [5.74, 6) is -0.217. The van der Waals surface area contributed by atoms with Gasteiger partial charge in [-0.1, -0.05) is 0 Å². The molecule has 1 aromatic rings. The molecule has 1 amide bonds. The van der Waals surface area contributed by atoms with Gasteiger partial charge in [-0.05, 0) is 42.5 Å². The van der Waals surface area contributed by atoms with Crippen molar-refractivity contribution < 1.29 is 14.5 Å². The number of nitro groups is 1. The predicted octanol–water partition coefficient (Wildman–Crippen LogP) is 2.70. The molecule has 0 spiro atoms. The first kappa shape index (κ1) is 16.8. The number of methoxy groups -OCH3 is 1. The van der Waals surface area contributed by atoms with Crippen LogP contribution in [0.2, 0.25) is 0 Å². The number of rotatable bonds is 6. The van der Waals surface area contributed by atoms with Crippen molar-refractivity contribution in [1.82, 2.24) is 4.90 Å². The second-order valence-corrected chi connectivity index (χ2v) is 5.67. The number of hydrogen-bond donors (Lipinski definition) is 0. The van der Waals surface area contributed by atoms with Crippen LogP contribution in [0.4, 0.5) is 5.69 Å². The van der Waals surface area contributed by atoms with Gasteiger partial charge in [0.1, 0.15) is 0 Å². The number of amides is 1. The van der Waals surface area contributed by atoms with Gasteiger partial charge in [-0.3, -0.25) is 14.9 Å². The van der Waals surface area contributed by atoms with E-state index in [9.17, 15) is 14.9 Å². The summed E-state index contributed by atoms with van der Waals surface area (Å²) in [6, 6.07) is 4.30. The van der Waals surface area contributed by atoms with Crippen molar-refractivity contribution in [2.75, 3.05) is 20.3 Å². The van der Waals surface area contributed by atoms with Gasteiger partial charge in [0.15, 0.2) is 0 Å². The molecule has 0 aliphatic heterocycles. The predicted molar refractivity (Wildman–Crippen MR) is 83.9 cm³/mol.